The van der Waals surface area contributed by atoms with Crippen LogP contribution in [0.1, 0.15) is 36.0 Å². The second-order valence-electron chi connectivity index (χ2n) is 5.71. The van der Waals surface area contributed by atoms with Crippen LogP contribution < -0.4 is 4.90 Å². The zero-order valence-corrected chi connectivity index (χ0v) is 12.6. The van der Waals surface area contributed by atoms with E-state index in [0.717, 1.165) is 44.0 Å². The average molecular weight is 291 g/mol. The Morgan fingerprint density at radius 2 is 1.90 bits per heavy atom. The second-order valence-corrected chi connectivity index (χ2v) is 6.06. The van der Waals surface area contributed by atoms with Crippen molar-refractivity contribution >= 4 is 17.4 Å². The van der Waals surface area contributed by atoms with Crippen LogP contribution in [0.4, 0.5) is 5.82 Å². The zero-order valence-electron chi connectivity index (χ0n) is 11.8. The lowest BCUT2D eigenvalue weighted by atomic mass is 9.96. The van der Waals surface area contributed by atoms with Crippen LogP contribution in [0.2, 0.25) is 5.15 Å². The number of halogens is 1. The molecule has 2 aliphatic heterocycles. The van der Waals surface area contributed by atoms with Crippen LogP contribution in [0.25, 0.3) is 0 Å². The van der Waals surface area contributed by atoms with Gasteiger partial charge in [0, 0.05) is 31.7 Å². The van der Waals surface area contributed by atoms with Gasteiger partial charge in [0.05, 0.1) is 5.56 Å². The molecule has 0 unspecified atom stereocenters. The van der Waals surface area contributed by atoms with Crippen molar-refractivity contribution in [1.82, 2.24) is 9.88 Å². The molecule has 0 radical (unpaired) electrons. The minimum atomic E-state index is 0.372. The molecular formula is C15H19ClN4. The zero-order chi connectivity index (χ0) is 14.1. The summed E-state index contributed by atoms with van der Waals surface area (Å²) in [5.41, 5.74) is 2.91. The highest BCUT2D eigenvalue weighted by atomic mass is 35.5. The average Bonchev–Trinajstić information content (AvgIpc) is 2.48. The van der Waals surface area contributed by atoms with E-state index in [1.807, 2.05) is 0 Å². The largest absolute Gasteiger partial charge is 0.356 e. The summed E-state index contributed by atoms with van der Waals surface area (Å²) in [6.45, 7) is 3.93. The van der Waals surface area contributed by atoms with Crippen molar-refractivity contribution in [1.29, 1.82) is 5.26 Å². The van der Waals surface area contributed by atoms with E-state index in [1.165, 1.54) is 24.8 Å². The maximum atomic E-state index is 9.34. The van der Waals surface area contributed by atoms with Crippen LogP contribution in [0, 0.1) is 11.3 Å². The fourth-order valence-corrected chi connectivity index (χ4v) is 3.44. The van der Waals surface area contributed by atoms with Crippen molar-refractivity contribution in [2.24, 2.45) is 0 Å². The van der Waals surface area contributed by atoms with E-state index >= 15 is 0 Å². The fraction of sp³-hybridized carbons (Fsp3) is 0.600. The Kier molecular flexibility index (Phi) is 3.82. The molecule has 0 aromatic carbocycles. The van der Waals surface area contributed by atoms with Gasteiger partial charge in [-0.2, -0.15) is 5.26 Å². The van der Waals surface area contributed by atoms with E-state index in [9.17, 15) is 5.26 Å². The predicted octanol–water partition coefficient (Wildman–Crippen LogP) is 2.58. The first-order chi connectivity index (χ1) is 9.70. The van der Waals surface area contributed by atoms with Crippen LogP contribution >= 0.6 is 11.6 Å². The maximum absolute atomic E-state index is 9.34. The number of piperidine rings is 1. The third-order valence-corrected chi connectivity index (χ3v) is 4.56. The number of fused-ring (bicyclic) bond motifs is 1. The molecule has 0 amide bonds. The summed E-state index contributed by atoms with van der Waals surface area (Å²) in [4.78, 5) is 9.18. The molecule has 3 heterocycles. The molecular weight excluding hydrogens is 272 g/mol. The van der Waals surface area contributed by atoms with E-state index in [2.05, 4.69) is 27.9 Å². The van der Waals surface area contributed by atoms with Crippen molar-refractivity contribution < 1.29 is 0 Å². The molecule has 0 atom stereocenters. The summed E-state index contributed by atoms with van der Waals surface area (Å²) in [7, 11) is 2.11. The number of aromatic nitrogens is 1. The van der Waals surface area contributed by atoms with E-state index in [4.69, 9.17) is 11.6 Å². The predicted molar refractivity (Wildman–Crippen MR) is 80.1 cm³/mol. The number of hydrogen-bond donors (Lipinski definition) is 0. The van der Waals surface area contributed by atoms with Gasteiger partial charge in [-0.1, -0.05) is 11.6 Å². The Morgan fingerprint density at radius 1 is 1.15 bits per heavy atom. The van der Waals surface area contributed by atoms with Gasteiger partial charge in [-0.25, -0.2) is 4.98 Å². The number of anilines is 1. The minimum absolute atomic E-state index is 0.372. The topological polar surface area (TPSA) is 43.2 Å². The van der Waals surface area contributed by atoms with E-state index in [0.29, 0.717) is 10.7 Å². The van der Waals surface area contributed by atoms with Crippen molar-refractivity contribution in [3.63, 3.8) is 0 Å². The number of nitriles is 1. The van der Waals surface area contributed by atoms with Gasteiger partial charge in [-0.3, -0.25) is 0 Å². The number of nitrogens with zero attached hydrogens (tertiary/aromatic N) is 4. The highest BCUT2D eigenvalue weighted by Gasteiger charge is 2.26. The summed E-state index contributed by atoms with van der Waals surface area (Å²) in [5, 5.41) is 9.71. The van der Waals surface area contributed by atoms with Crippen molar-refractivity contribution in [2.75, 3.05) is 31.6 Å². The van der Waals surface area contributed by atoms with Gasteiger partial charge in [-0.05, 0) is 38.3 Å². The molecule has 0 spiro atoms. The van der Waals surface area contributed by atoms with Crippen LogP contribution in [0.15, 0.2) is 0 Å². The molecule has 20 heavy (non-hydrogen) atoms. The summed E-state index contributed by atoms with van der Waals surface area (Å²) in [6, 6.07) is 2.24. The first-order valence-corrected chi connectivity index (χ1v) is 7.63. The lowest BCUT2D eigenvalue weighted by molar-refractivity contribution is 0.312. The highest BCUT2D eigenvalue weighted by Crippen LogP contribution is 2.34. The summed E-state index contributed by atoms with van der Waals surface area (Å²) >= 11 is 6.25. The normalized spacial score (nSPS) is 19.6. The van der Waals surface area contributed by atoms with Crippen molar-refractivity contribution in [2.45, 2.75) is 32.2 Å². The first-order valence-electron chi connectivity index (χ1n) is 7.25. The smallest absolute Gasteiger partial charge is 0.149 e. The van der Waals surface area contributed by atoms with E-state index in [1.54, 1.807) is 0 Å². The number of pyridine rings is 1. The van der Waals surface area contributed by atoms with Crippen LogP contribution in [-0.4, -0.2) is 36.6 Å². The van der Waals surface area contributed by atoms with Gasteiger partial charge in [0.25, 0.3) is 0 Å². The summed E-state index contributed by atoms with van der Waals surface area (Å²) in [5.74, 6) is 1.01. The number of rotatable bonds is 1. The molecule has 5 heteroatoms. The molecule has 2 aliphatic rings. The highest BCUT2D eigenvalue weighted by molar-refractivity contribution is 6.30. The Morgan fingerprint density at radius 3 is 2.60 bits per heavy atom. The van der Waals surface area contributed by atoms with Gasteiger partial charge in [0.15, 0.2) is 0 Å². The third-order valence-electron chi connectivity index (χ3n) is 4.29. The lowest BCUT2D eigenvalue weighted by Gasteiger charge is -2.34. The summed E-state index contributed by atoms with van der Waals surface area (Å²) < 4.78 is 0. The lowest BCUT2D eigenvalue weighted by Crippen LogP contribution is -2.35. The molecule has 4 nitrogen and oxygen atoms in total. The van der Waals surface area contributed by atoms with E-state index in [-0.39, 0.29) is 0 Å². The second kappa shape index (κ2) is 5.59. The molecule has 0 aliphatic carbocycles. The standard InChI is InChI=1S/C15H19ClN4/c1-19-8-5-11-12(9-17)14(16)18-15(13(11)10-19)20-6-3-2-4-7-20/h2-8,10H2,1H3. The molecule has 0 N–H and O–H groups in total. The fourth-order valence-electron chi connectivity index (χ4n) is 3.20. The molecule has 106 valence electrons. The van der Waals surface area contributed by atoms with Gasteiger partial charge >= 0.3 is 0 Å². The Labute approximate surface area is 125 Å². The van der Waals surface area contributed by atoms with E-state index < -0.39 is 0 Å². The van der Waals surface area contributed by atoms with Gasteiger partial charge in [0.1, 0.15) is 17.0 Å². The minimum Gasteiger partial charge on any atom is -0.356 e. The molecule has 1 fully saturated rings. The Bertz CT molecular complexity index is 558. The van der Waals surface area contributed by atoms with Crippen LogP contribution in [0.5, 0.6) is 0 Å². The monoisotopic (exact) mass is 290 g/mol. The van der Waals surface area contributed by atoms with Crippen LogP contribution in [0.3, 0.4) is 0 Å². The molecule has 1 aromatic heterocycles. The molecule has 1 saturated heterocycles. The maximum Gasteiger partial charge on any atom is 0.149 e. The molecule has 0 saturated carbocycles. The quantitative estimate of drug-likeness (QED) is 0.746. The SMILES string of the molecule is CN1CCc2c(C#N)c(Cl)nc(N3CCCCC3)c2C1. The van der Waals surface area contributed by atoms with Crippen LogP contribution in [-0.2, 0) is 13.0 Å². The summed E-state index contributed by atoms with van der Waals surface area (Å²) in [6.07, 6.45) is 4.61. The van der Waals surface area contributed by atoms with Gasteiger partial charge in [-0.15, -0.1) is 0 Å². The Hall–Kier alpha value is -1.31. The molecule has 1 aromatic rings. The first kappa shape index (κ1) is 13.7. The number of hydrogen-bond acceptors (Lipinski definition) is 4. The molecule has 3 rings (SSSR count). The van der Waals surface area contributed by atoms with Crippen molar-refractivity contribution in [3.8, 4) is 6.07 Å². The third kappa shape index (κ3) is 2.36. The number of likely N-dealkylation sites (N-methyl/N-ethyl adjacent to an activating group) is 1. The van der Waals surface area contributed by atoms with Gasteiger partial charge < -0.3 is 9.80 Å². The molecule has 0 bridgehead atoms. The van der Waals surface area contributed by atoms with Gasteiger partial charge in [0.2, 0.25) is 0 Å². The van der Waals surface area contributed by atoms with Crippen molar-refractivity contribution in [3.05, 3.63) is 21.8 Å². The Balaban J connectivity index is 2.09.